The molecule has 1 aliphatic heterocycles. The maximum absolute atomic E-state index is 11.3. The first-order valence-electron chi connectivity index (χ1n) is 6.02. The number of hydrogen-bond acceptors (Lipinski definition) is 3. The van der Waals surface area contributed by atoms with Gasteiger partial charge in [-0.3, -0.25) is 0 Å². The van der Waals surface area contributed by atoms with Gasteiger partial charge in [-0.25, -0.2) is 4.79 Å². The summed E-state index contributed by atoms with van der Waals surface area (Å²) in [5, 5.41) is 18.4. The quantitative estimate of drug-likeness (QED) is 0.806. The lowest BCUT2D eigenvalue weighted by molar-refractivity contribution is -0.134. The minimum absolute atomic E-state index is 0.165. The number of ether oxygens (including phenoxy) is 1. The Morgan fingerprint density at radius 3 is 2.56 bits per heavy atom. The average Bonchev–Trinajstić information content (AvgIpc) is 2.38. The molecule has 2 rings (SSSR count). The third-order valence-electron chi connectivity index (χ3n) is 2.99. The molecule has 96 valence electrons. The Morgan fingerprint density at radius 2 is 2.00 bits per heavy atom. The van der Waals surface area contributed by atoms with Crippen molar-refractivity contribution < 1.29 is 19.7 Å². The molecule has 2 N–H and O–H groups in total. The highest BCUT2D eigenvalue weighted by Crippen LogP contribution is 2.22. The Balaban J connectivity index is 2.23. The molecule has 0 amide bonds. The van der Waals surface area contributed by atoms with Crippen molar-refractivity contribution in [2.45, 2.75) is 25.4 Å². The molecule has 1 aliphatic rings. The van der Waals surface area contributed by atoms with Crippen LogP contribution in [-0.2, 0) is 9.53 Å². The molecule has 1 heterocycles. The van der Waals surface area contributed by atoms with Gasteiger partial charge >= 0.3 is 5.97 Å². The van der Waals surface area contributed by atoms with E-state index in [0.29, 0.717) is 6.61 Å². The zero-order chi connectivity index (χ0) is 13.0. The van der Waals surface area contributed by atoms with Gasteiger partial charge in [0.05, 0.1) is 11.7 Å². The molecule has 0 saturated carbocycles. The number of carbonyl (C=O) groups is 1. The van der Waals surface area contributed by atoms with Gasteiger partial charge in [-0.15, -0.1) is 0 Å². The molecule has 1 aromatic carbocycles. The van der Waals surface area contributed by atoms with Crippen molar-refractivity contribution in [2.24, 2.45) is 0 Å². The monoisotopic (exact) mass is 248 g/mol. The predicted octanol–water partition coefficient (Wildman–Crippen LogP) is 2.43. The van der Waals surface area contributed by atoms with Gasteiger partial charge in [0.2, 0.25) is 0 Å². The van der Waals surface area contributed by atoms with Crippen LogP contribution in [0.3, 0.4) is 0 Å². The van der Waals surface area contributed by atoms with Crippen LogP contribution in [0, 0.1) is 0 Å². The molecule has 4 heteroatoms. The zero-order valence-electron chi connectivity index (χ0n) is 10.0. The summed E-state index contributed by atoms with van der Waals surface area (Å²) >= 11 is 0. The first-order valence-corrected chi connectivity index (χ1v) is 6.02. The maximum Gasteiger partial charge on any atom is 0.334 e. The molecule has 0 aliphatic carbocycles. The van der Waals surface area contributed by atoms with Crippen LogP contribution in [0.25, 0.3) is 6.08 Å². The van der Waals surface area contributed by atoms with Crippen molar-refractivity contribution >= 4 is 12.0 Å². The van der Waals surface area contributed by atoms with Crippen LogP contribution >= 0.6 is 0 Å². The number of benzene rings is 1. The van der Waals surface area contributed by atoms with Crippen molar-refractivity contribution in [3.05, 3.63) is 35.4 Å². The fourth-order valence-electron chi connectivity index (χ4n) is 2.03. The largest absolute Gasteiger partial charge is 0.508 e. The molecule has 0 aromatic heterocycles. The van der Waals surface area contributed by atoms with Gasteiger partial charge in [0, 0.05) is 6.61 Å². The number of carboxylic acids is 1. The molecular formula is C14H16O4. The third kappa shape index (κ3) is 3.11. The number of carboxylic acid groups (broad SMARTS) is 1. The molecule has 1 atom stereocenters. The molecule has 0 spiro atoms. The highest BCUT2D eigenvalue weighted by atomic mass is 16.5. The molecule has 0 radical (unpaired) electrons. The molecule has 1 fully saturated rings. The minimum atomic E-state index is -0.949. The second-order valence-electron chi connectivity index (χ2n) is 4.35. The highest BCUT2D eigenvalue weighted by Gasteiger charge is 2.23. The smallest absolute Gasteiger partial charge is 0.334 e. The Bertz CT molecular complexity index is 441. The number of phenolic OH excluding ortho intramolecular Hbond substituents is 1. The fraction of sp³-hybridized carbons (Fsp3) is 0.357. The first kappa shape index (κ1) is 12.6. The maximum atomic E-state index is 11.3. The lowest BCUT2D eigenvalue weighted by Gasteiger charge is -2.23. The van der Waals surface area contributed by atoms with Crippen LogP contribution in [0.2, 0.25) is 0 Å². The van der Waals surface area contributed by atoms with E-state index >= 15 is 0 Å². The number of aromatic hydroxyl groups is 1. The Hall–Kier alpha value is -1.81. The van der Waals surface area contributed by atoms with Gasteiger partial charge < -0.3 is 14.9 Å². The summed E-state index contributed by atoms with van der Waals surface area (Å²) in [6, 6.07) is 6.43. The fourth-order valence-corrected chi connectivity index (χ4v) is 2.03. The summed E-state index contributed by atoms with van der Waals surface area (Å²) in [4.78, 5) is 11.3. The van der Waals surface area contributed by atoms with E-state index in [2.05, 4.69) is 0 Å². The van der Waals surface area contributed by atoms with E-state index < -0.39 is 5.97 Å². The second kappa shape index (κ2) is 5.69. The van der Waals surface area contributed by atoms with Crippen LogP contribution in [0.4, 0.5) is 0 Å². The molecule has 1 unspecified atom stereocenters. The van der Waals surface area contributed by atoms with Crippen molar-refractivity contribution in [2.75, 3.05) is 6.61 Å². The molecule has 1 saturated heterocycles. The molecule has 4 nitrogen and oxygen atoms in total. The Labute approximate surface area is 106 Å². The SMILES string of the molecule is O=C(O)/C(=C/c1ccc(O)cc1)C1CCCCO1. The number of rotatable bonds is 3. The Kier molecular flexibility index (Phi) is 3.99. The van der Waals surface area contributed by atoms with Crippen molar-refractivity contribution in [1.29, 1.82) is 0 Å². The summed E-state index contributed by atoms with van der Waals surface area (Å²) < 4.78 is 5.50. The molecular weight excluding hydrogens is 232 g/mol. The summed E-state index contributed by atoms with van der Waals surface area (Å²) in [5.74, 6) is -0.784. The lowest BCUT2D eigenvalue weighted by Crippen LogP contribution is -2.25. The third-order valence-corrected chi connectivity index (χ3v) is 2.99. The number of phenols is 1. The van der Waals surface area contributed by atoms with Crippen molar-refractivity contribution in [3.8, 4) is 5.75 Å². The van der Waals surface area contributed by atoms with Gasteiger partial charge in [0.1, 0.15) is 5.75 Å². The van der Waals surface area contributed by atoms with Crippen LogP contribution in [-0.4, -0.2) is 28.9 Å². The summed E-state index contributed by atoms with van der Waals surface area (Å²) in [5.41, 5.74) is 1.03. The van der Waals surface area contributed by atoms with Crippen molar-refractivity contribution in [3.63, 3.8) is 0 Å². The molecule has 0 bridgehead atoms. The lowest BCUT2D eigenvalue weighted by atomic mass is 9.99. The normalized spacial score (nSPS) is 20.7. The topological polar surface area (TPSA) is 66.8 Å². The van der Waals surface area contributed by atoms with E-state index in [0.717, 1.165) is 24.8 Å². The summed E-state index contributed by atoms with van der Waals surface area (Å²) in [7, 11) is 0. The van der Waals surface area contributed by atoms with Crippen LogP contribution in [0.15, 0.2) is 29.8 Å². The minimum Gasteiger partial charge on any atom is -0.508 e. The summed E-state index contributed by atoms with van der Waals surface area (Å²) in [6.45, 7) is 0.616. The van der Waals surface area contributed by atoms with Gasteiger partial charge in [-0.05, 0) is 43.0 Å². The van der Waals surface area contributed by atoms with E-state index in [-0.39, 0.29) is 17.4 Å². The first-order chi connectivity index (χ1) is 8.66. The van der Waals surface area contributed by atoms with Gasteiger partial charge in [0.25, 0.3) is 0 Å². The van der Waals surface area contributed by atoms with Gasteiger partial charge in [-0.1, -0.05) is 12.1 Å². The van der Waals surface area contributed by atoms with E-state index in [1.807, 2.05) is 0 Å². The zero-order valence-corrected chi connectivity index (χ0v) is 10.0. The van der Waals surface area contributed by atoms with Crippen molar-refractivity contribution in [1.82, 2.24) is 0 Å². The van der Waals surface area contributed by atoms with Crippen LogP contribution in [0.1, 0.15) is 24.8 Å². The van der Waals surface area contributed by atoms with E-state index in [4.69, 9.17) is 4.74 Å². The summed E-state index contributed by atoms with van der Waals surface area (Å²) in [6.07, 6.45) is 4.01. The second-order valence-corrected chi connectivity index (χ2v) is 4.35. The van der Waals surface area contributed by atoms with E-state index in [1.165, 1.54) is 12.1 Å². The van der Waals surface area contributed by atoms with Crippen LogP contribution < -0.4 is 0 Å². The number of hydrogen-bond donors (Lipinski definition) is 2. The Morgan fingerprint density at radius 1 is 1.28 bits per heavy atom. The average molecular weight is 248 g/mol. The van der Waals surface area contributed by atoms with Gasteiger partial charge in [-0.2, -0.15) is 0 Å². The van der Waals surface area contributed by atoms with E-state index in [9.17, 15) is 15.0 Å². The standard InChI is InChI=1S/C14H16O4/c15-11-6-4-10(5-7-11)9-12(14(16)17)13-3-1-2-8-18-13/h4-7,9,13,15H,1-3,8H2,(H,16,17)/b12-9+. The predicted molar refractivity (Wildman–Crippen MR) is 67.3 cm³/mol. The number of aliphatic carboxylic acids is 1. The van der Waals surface area contributed by atoms with Gasteiger partial charge in [0.15, 0.2) is 0 Å². The highest BCUT2D eigenvalue weighted by molar-refractivity contribution is 5.93. The van der Waals surface area contributed by atoms with E-state index in [1.54, 1.807) is 18.2 Å². The molecule has 18 heavy (non-hydrogen) atoms. The molecule has 1 aromatic rings. The van der Waals surface area contributed by atoms with Crippen LogP contribution in [0.5, 0.6) is 5.75 Å².